The zero-order valence-electron chi connectivity index (χ0n) is 34.1. The summed E-state index contributed by atoms with van der Waals surface area (Å²) in [6, 6.07) is 21.8. The van der Waals surface area contributed by atoms with Gasteiger partial charge in [-0.15, -0.1) is 22.7 Å². The van der Waals surface area contributed by atoms with Gasteiger partial charge in [0.1, 0.15) is 34.0 Å². The van der Waals surface area contributed by atoms with E-state index in [4.69, 9.17) is 15.7 Å². The van der Waals surface area contributed by atoms with Crippen LogP contribution in [0.15, 0.2) is 84.1 Å². The molecule has 1 amide bonds. The molecule has 1 unspecified atom stereocenters. The number of aromatic nitrogens is 4. The number of likely N-dealkylation sites (N-methyl/N-ethyl adjacent to an activating group) is 1. The Morgan fingerprint density at radius 1 is 0.695 bits per heavy atom. The predicted molar refractivity (Wildman–Crippen MR) is 243 cm³/mol. The van der Waals surface area contributed by atoms with Gasteiger partial charge in [0.05, 0.1) is 10.8 Å². The molecule has 13 heteroatoms. The first-order chi connectivity index (χ1) is 29.0. The molecule has 0 aliphatic carbocycles. The number of nitrogens with one attached hydrogen (secondary N) is 1. The smallest absolute Gasteiger partial charge is 0.224 e. The first-order valence-corrected chi connectivity index (χ1v) is 23.2. The molecule has 0 spiro atoms. The fourth-order valence-corrected chi connectivity index (χ4v) is 11.3. The monoisotopic (exact) mass is 828 g/mol. The van der Waals surface area contributed by atoms with Gasteiger partial charge >= 0.3 is 0 Å². The van der Waals surface area contributed by atoms with Crippen molar-refractivity contribution < 1.29 is 4.79 Å². The van der Waals surface area contributed by atoms with Crippen molar-refractivity contribution in [1.82, 2.24) is 35.1 Å². The van der Waals surface area contributed by atoms with Crippen molar-refractivity contribution in [2.75, 3.05) is 75.8 Å². The van der Waals surface area contributed by atoms with Crippen LogP contribution in [0.3, 0.4) is 0 Å². The molecule has 6 aromatic rings. The highest BCUT2D eigenvalue weighted by molar-refractivity contribution is 7.17. The largest absolute Gasteiger partial charge is 0.356 e. The van der Waals surface area contributed by atoms with Crippen molar-refractivity contribution in [2.24, 2.45) is 17.6 Å². The van der Waals surface area contributed by atoms with E-state index in [0.717, 1.165) is 85.9 Å². The molecule has 2 atom stereocenters. The Labute approximate surface area is 355 Å². The first-order valence-electron chi connectivity index (χ1n) is 21.5. The van der Waals surface area contributed by atoms with Crippen LogP contribution in [0.1, 0.15) is 44.9 Å². The quantitative estimate of drug-likeness (QED) is 0.153. The lowest BCUT2D eigenvalue weighted by Gasteiger charge is -2.38. The fraction of sp³-hybridized carbons (Fsp3) is 0.457. The third-order valence-corrected chi connectivity index (χ3v) is 14.6. The number of carbonyl (C=O) groups is 1. The molecule has 3 N–H and O–H groups in total. The Morgan fingerprint density at radius 3 is 1.75 bits per heavy atom. The van der Waals surface area contributed by atoms with E-state index in [1.54, 1.807) is 35.3 Å². The van der Waals surface area contributed by atoms with E-state index in [1.165, 1.54) is 71.8 Å². The molecule has 0 saturated carbocycles. The summed E-state index contributed by atoms with van der Waals surface area (Å²) in [6.45, 7) is 9.47. The molecule has 2 aromatic carbocycles. The van der Waals surface area contributed by atoms with E-state index < -0.39 is 0 Å². The number of thiophene rings is 2. The minimum Gasteiger partial charge on any atom is -0.356 e. The summed E-state index contributed by atoms with van der Waals surface area (Å²) < 4.78 is 0. The number of carbonyl (C=O) groups excluding carboxylic acids is 1. The average Bonchev–Trinajstić information content (AvgIpc) is 4.01. The van der Waals surface area contributed by atoms with Gasteiger partial charge in [-0.1, -0.05) is 60.7 Å². The second-order valence-corrected chi connectivity index (χ2v) is 18.6. The summed E-state index contributed by atoms with van der Waals surface area (Å²) in [4.78, 5) is 41.7. The summed E-state index contributed by atoms with van der Waals surface area (Å²) in [7, 11) is 1.89. The number of nitrogens with two attached hydrogens (primary N) is 1. The molecule has 4 fully saturated rings. The van der Waals surface area contributed by atoms with Crippen molar-refractivity contribution in [3.63, 3.8) is 0 Å². The summed E-state index contributed by atoms with van der Waals surface area (Å²) in [5.74, 6) is 3.84. The average molecular weight is 829 g/mol. The van der Waals surface area contributed by atoms with Crippen LogP contribution in [0, 0.1) is 11.8 Å². The highest BCUT2D eigenvalue weighted by atomic mass is 32.1. The SMILES string of the molecule is CN1CC(NCC2CCN(c3ncnc4scc(-c5ccccc5)c34)CC2)CC1=O.N[C@H]1CCCN(CC2CCN(c3ncnc4scc(-c5ccccc5)c34)CC2)C1. The van der Waals surface area contributed by atoms with Crippen molar-refractivity contribution in [1.29, 1.82) is 0 Å². The molecular formula is C46H56N10OS2. The molecule has 4 saturated heterocycles. The summed E-state index contributed by atoms with van der Waals surface area (Å²) >= 11 is 3.41. The number of amides is 1. The number of fused-ring (bicyclic) bond motifs is 2. The van der Waals surface area contributed by atoms with Crippen LogP contribution in [0.25, 0.3) is 42.7 Å². The highest BCUT2D eigenvalue weighted by Gasteiger charge is 2.29. The van der Waals surface area contributed by atoms with E-state index in [9.17, 15) is 4.79 Å². The lowest BCUT2D eigenvalue weighted by molar-refractivity contribution is -0.126. The highest BCUT2D eigenvalue weighted by Crippen LogP contribution is 2.40. The van der Waals surface area contributed by atoms with Gasteiger partial charge in [0.2, 0.25) is 5.91 Å². The van der Waals surface area contributed by atoms with Gasteiger partial charge in [0.25, 0.3) is 0 Å². The van der Waals surface area contributed by atoms with Gasteiger partial charge in [0, 0.05) is 93.3 Å². The van der Waals surface area contributed by atoms with Crippen molar-refractivity contribution in [2.45, 2.75) is 57.0 Å². The van der Waals surface area contributed by atoms with Gasteiger partial charge in [-0.25, -0.2) is 19.9 Å². The van der Waals surface area contributed by atoms with Crippen LogP contribution in [-0.2, 0) is 4.79 Å². The molecule has 4 aromatic heterocycles. The maximum Gasteiger partial charge on any atom is 0.224 e. The number of anilines is 2. The maximum atomic E-state index is 11.7. The van der Waals surface area contributed by atoms with E-state index in [0.29, 0.717) is 24.4 Å². The van der Waals surface area contributed by atoms with Crippen LogP contribution in [0.2, 0.25) is 0 Å². The molecule has 308 valence electrons. The maximum absolute atomic E-state index is 11.7. The minimum absolute atomic E-state index is 0.250. The molecule has 4 aliphatic rings. The van der Waals surface area contributed by atoms with Crippen LogP contribution in [0.4, 0.5) is 11.6 Å². The Balaban J connectivity index is 0.000000152. The normalized spacial score (nSPS) is 21.1. The lowest BCUT2D eigenvalue weighted by Crippen LogP contribution is -2.46. The summed E-state index contributed by atoms with van der Waals surface area (Å²) in [6.07, 6.45) is 11.2. The lowest BCUT2D eigenvalue weighted by atomic mass is 9.94. The molecule has 10 rings (SSSR count). The number of hydrogen-bond donors (Lipinski definition) is 2. The standard InChI is InChI=1S/C23H27N5OS.C23H29N5S/c1-27-13-18(11-20(27)29)24-12-16-7-9-28(10-8-16)22-21-19(17-5-3-2-4-6-17)14-30-23(21)26-15-25-22;24-19-7-4-10-27(14-19)13-17-8-11-28(12-9-17)22-21-20(18-5-2-1-3-6-18)15-29-23(21)26-16-25-22/h2-6,14-16,18,24H,7-13H2,1H3;1-3,5-6,15-17,19H,4,7-14,24H2/t;19-/m.0/s1. The van der Waals surface area contributed by atoms with Crippen molar-refractivity contribution in [3.05, 3.63) is 84.1 Å². The minimum atomic E-state index is 0.250. The molecule has 4 aliphatic heterocycles. The molecule has 59 heavy (non-hydrogen) atoms. The number of nitrogens with zero attached hydrogens (tertiary/aromatic N) is 8. The Kier molecular flexibility index (Phi) is 12.4. The second kappa shape index (κ2) is 18.4. The summed E-state index contributed by atoms with van der Waals surface area (Å²) in [5.41, 5.74) is 11.1. The fourth-order valence-electron chi connectivity index (χ4n) is 9.49. The van der Waals surface area contributed by atoms with Crippen LogP contribution in [-0.4, -0.2) is 114 Å². The van der Waals surface area contributed by atoms with Crippen LogP contribution >= 0.6 is 22.7 Å². The van der Waals surface area contributed by atoms with E-state index >= 15 is 0 Å². The number of benzene rings is 2. The van der Waals surface area contributed by atoms with E-state index in [1.807, 2.05) is 18.0 Å². The van der Waals surface area contributed by atoms with Gasteiger partial charge in [0.15, 0.2) is 0 Å². The van der Waals surface area contributed by atoms with Gasteiger partial charge in [-0.05, 0) is 74.6 Å². The molecular weight excluding hydrogens is 773 g/mol. The first kappa shape index (κ1) is 39.9. The third kappa shape index (κ3) is 9.14. The van der Waals surface area contributed by atoms with E-state index in [-0.39, 0.29) is 5.91 Å². The van der Waals surface area contributed by atoms with Crippen LogP contribution < -0.4 is 20.9 Å². The molecule has 0 radical (unpaired) electrons. The number of hydrogen-bond acceptors (Lipinski definition) is 12. The topological polar surface area (TPSA) is 120 Å². The second-order valence-electron chi connectivity index (χ2n) is 16.9. The van der Waals surface area contributed by atoms with Gasteiger partial charge in [-0.2, -0.15) is 0 Å². The Bertz CT molecular complexity index is 2300. The number of likely N-dealkylation sites (tertiary alicyclic amines) is 2. The molecule has 11 nitrogen and oxygen atoms in total. The predicted octanol–water partition coefficient (Wildman–Crippen LogP) is 7.39. The zero-order valence-corrected chi connectivity index (χ0v) is 35.7. The van der Waals surface area contributed by atoms with Crippen molar-refractivity contribution in [3.8, 4) is 22.3 Å². The molecule has 8 heterocycles. The van der Waals surface area contributed by atoms with Crippen LogP contribution in [0.5, 0.6) is 0 Å². The zero-order chi connectivity index (χ0) is 40.1. The summed E-state index contributed by atoms with van der Waals surface area (Å²) in [5, 5.41) is 10.4. The number of piperidine rings is 3. The Hall–Kier alpha value is -4.53. The van der Waals surface area contributed by atoms with Gasteiger partial charge in [-0.3, -0.25) is 4.79 Å². The third-order valence-electron chi connectivity index (χ3n) is 12.8. The Morgan fingerprint density at radius 2 is 1.24 bits per heavy atom. The van der Waals surface area contributed by atoms with E-state index in [2.05, 4.69) is 95.3 Å². The van der Waals surface area contributed by atoms with Crippen molar-refractivity contribution >= 4 is 60.6 Å². The number of rotatable bonds is 9. The van der Waals surface area contributed by atoms with Gasteiger partial charge < -0.3 is 30.7 Å². The molecule has 0 bridgehead atoms.